The lowest BCUT2D eigenvalue weighted by atomic mass is 10.4. The van der Waals surface area contributed by atoms with Gasteiger partial charge in [0, 0.05) is 13.1 Å². The summed E-state index contributed by atoms with van der Waals surface area (Å²) >= 11 is 2.09. The van der Waals surface area contributed by atoms with E-state index in [2.05, 4.69) is 27.6 Å². The number of rotatable bonds is 2. The molecule has 0 saturated carbocycles. The lowest BCUT2D eigenvalue weighted by Gasteiger charge is -1.93. The minimum absolute atomic E-state index is 0.452. The van der Waals surface area contributed by atoms with Gasteiger partial charge in [-0.05, 0) is 28.7 Å². The van der Waals surface area contributed by atoms with Crippen molar-refractivity contribution >= 4 is 34.6 Å². The maximum absolute atomic E-state index is 10.4. The minimum Gasteiger partial charge on any atom is -0.366 e. The predicted octanol–water partition coefficient (Wildman–Crippen LogP) is 0.523. The van der Waals surface area contributed by atoms with Crippen LogP contribution in [0.25, 0.3) is 6.08 Å². The Hall–Kier alpha value is -0.850. The van der Waals surface area contributed by atoms with Crippen molar-refractivity contribution in [3.8, 4) is 0 Å². The van der Waals surface area contributed by atoms with E-state index in [0.29, 0.717) is 0 Å². The monoisotopic (exact) mass is 277 g/mol. The fourth-order valence-electron chi connectivity index (χ4n) is 0.759. The van der Waals surface area contributed by atoms with Gasteiger partial charge in [-0.3, -0.25) is 4.79 Å². The van der Waals surface area contributed by atoms with E-state index in [1.807, 2.05) is 11.6 Å². The summed E-state index contributed by atoms with van der Waals surface area (Å²) in [5.41, 5.74) is 5.84. The lowest BCUT2D eigenvalue weighted by molar-refractivity contribution is -0.113. The van der Waals surface area contributed by atoms with E-state index in [4.69, 9.17) is 5.73 Å². The second kappa shape index (κ2) is 3.70. The highest BCUT2D eigenvalue weighted by molar-refractivity contribution is 14.1. The van der Waals surface area contributed by atoms with Gasteiger partial charge in [0.2, 0.25) is 5.91 Å². The minimum atomic E-state index is -0.452. The summed E-state index contributed by atoms with van der Waals surface area (Å²) in [6.45, 7) is 0. The number of carbonyl (C=O) groups is 1. The second-order valence-electron chi connectivity index (χ2n) is 2.27. The first-order chi connectivity index (χ1) is 5.61. The molecule has 1 heterocycles. The van der Waals surface area contributed by atoms with Crippen molar-refractivity contribution in [2.24, 2.45) is 12.8 Å². The zero-order chi connectivity index (χ0) is 9.14. The molecule has 4 nitrogen and oxygen atoms in total. The van der Waals surface area contributed by atoms with Gasteiger partial charge in [-0.1, -0.05) is 0 Å². The van der Waals surface area contributed by atoms with Crippen LogP contribution in [0, 0.1) is 3.70 Å². The highest BCUT2D eigenvalue weighted by Gasteiger charge is 2.00. The fraction of sp³-hybridized carbons (Fsp3) is 0.143. The molecule has 64 valence electrons. The Balaban J connectivity index is 2.95. The van der Waals surface area contributed by atoms with Crippen molar-refractivity contribution in [3.05, 3.63) is 21.8 Å². The molecule has 1 amide bonds. The van der Waals surface area contributed by atoms with E-state index >= 15 is 0 Å². The number of hydrogen-bond acceptors (Lipinski definition) is 2. The quantitative estimate of drug-likeness (QED) is 0.633. The number of hydrogen-bond donors (Lipinski definition) is 1. The van der Waals surface area contributed by atoms with Gasteiger partial charge in [0.05, 0.1) is 12.0 Å². The van der Waals surface area contributed by atoms with Crippen LogP contribution < -0.4 is 5.73 Å². The molecule has 2 N–H and O–H groups in total. The smallest absolute Gasteiger partial charge is 0.241 e. The van der Waals surface area contributed by atoms with Crippen LogP contribution >= 0.6 is 22.6 Å². The SMILES string of the molecule is Cn1cnc(I)c1/C=C/C(N)=O. The summed E-state index contributed by atoms with van der Waals surface area (Å²) in [4.78, 5) is 14.5. The number of primary amides is 1. The first-order valence-electron chi connectivity index (χ1n) is 3.25. The molecule has 0 aliphatic rings. The molecule has 0 aliphatic carbocycles. The number of aromatic nitrogens is 2. The maximum atomic E-state index is 10.4. The van der Waals surface area contributed by atoms with Gasteiger partial charge >= 0.3 is 0 Å². The maximum Gasteiger partial charge on any atom is 0.241 e. The van der Waals surface area contributed by atoms with E-state index in [1.54, 1.807) is 12.4 Å². The Bertz CT molecular complexity index is 310. The van der Waals surface area contributed by atoms with Gasteiger partial charge in [-0.25, -0.2) is 4.98 Å². The third-order valence-electron chi connectivity index (χ3n) is 1.34. The number of nitrogens with zero attached hydrogens (tertiary/aromatic N) is 2. The van der Waals surface area contributed by atoms with Crippen LogP contribution in [0.3, 0.4) is 0 Å². The van der Waals surface area contributed by atoms with E-state index in [-0.39, 0.29) is 0 Å². The molecule has 0 fully saturated rings. The number of nitrogens with two attached hydrogens (primary N) is 1. The Morgan fingerprint density at radius 2 is 2.50 bits per heavy atom. The lowest BCUT2D eigenvalue weighted by Crippen LogP contribution is -2.05. The van der Waals surface area contributed by atoms with Crippen LogP contribution in [0.5, 0.6) is 0 Å². The van der Waals surface area contributed by atoms with Crippen molar-refractivity contribution in [2.45, 2.75) is 0 Å². The van der Waals surface area contributed by atoms with Gasteiger partial charge in [0.15, 0.2) is 0 Å². The van der Waals surface area contributed by atoms with E-state index in [9.17, 15) is 4.79 Å². The molecule has 0 bridgehead atoms. The summed E-state index contributed by atoms with van der Waals surface area (Å²) in [5, 5.41) is 0. The predicted molar refractivity (Wildman–Crippen MR) is 54.2 cm³/mol. The molecular weight excluding hydrogens is 269 g/mol. The Kier molecular flexibility index (Phi) is 2.85. The van der Waals surface area contributed by atoms with Crippen LogP contribution in [0.15, 0.2) is 12.4 Å². The zero-order valence-corrected chi connectivity index (χ0v) is 8.65. The van der Waals surface area contributed by atoms with E-state index < -0.39 is 5.91 Å². The molecule has 0 saturated heterocycles. The van der Waals surface area contributed by atoms with Crippen molar-refractivity contribution < 1.29 is 4.79 Å². The molecule has 0 unspecified atom stereocenters. The Morgan fingerprint density at radius 3 is 2.92 bits per heavy atom. The molecule has 12 heavy (non-hydrogen) atoms. The molecule has 1 aromatic rings. The standard InChI is InChI=1S/C7H8IN3O/c1-11-4-10-7(8)5(11)2-3-6(9)12/h2-4H,1H3,(H2,9,12)/b3-2+. The second-order valence-corrected chi connectivity index (χ2v) is 3.29. The normalized spacial score (nSPS) is 10.8. The number of aryl methyl sites for hydroxylation is 1. The number of imidazole rings is 1. The summed E-state index contributed by atoms with van der Waals surface area (Å²) in [6, 6.07) is 0. The van der Waals surface area contributed by atoms with Crippen molar-refractivity contribution in [1.29, 1.82) is 0 Å². The molecule has 1 rings (SSSR count). The fourth-order valence-corrected chi connectivity index (χ4v) is 1.44. The molecular formula is C7H8IN3O. The molecule has 0 atom stereocenters. The summed E-state index contributed by atoms with van der Waals surface area (Å²) in [5.74, 6) is -0.452. The summed E-state index contributed by atoms with van der Waals surface area (Å²) < 4.78 is 2.67. The average molecular weight is 277 g/mol. The van der Waals surface area contributed by atoms with E-state index in [1.165, 1.54) is 6.08 Å². The van der Waals surface area contributed by atoms with Gasteiger partial charge in [0.25, 0.3) is 0 Å². The number of halogens is 1. The molecule has 0 aromatic carbocycles. The largest absolute Gasteiger partial charge is 0.366 e. The molecule has 0 spiro atoms. The van der Waals surface area contributed by atoms with Crippen LogP contribution in [0.4, 0.5) is 0 Å². The van der Waals surface area contributed by atoms with E-state index in [0.717, 1.165) is 9.39 Å². The molecule has 0 radical (unpaired) electrons. The van der Waals surface area contributed by atoms with Gasteiger partial charge in [-0.2, -0.15) is 0 Å². The third-order valence-corrected chi connectivity index (χ3v) is 2.17. The van der Waals surface area contributed by atoms with Crippen molar-refractivity contribution in [2.75, 3.05) is 0 Å². The van der Waals surface area contributed by atoms with Crippen molar-refractivity contribution in [3.63, 3.8) is 0 Å². The number of carbonyl (C=O) groups excluding carboxylic acids is 1. The van der Waals surface area contributed by atoms with Crippen LogP contribution in [0.2, 0.25) is 0 Å². The number of amides is 1. The summed E-state index contributed by atoms with van der Waals surface area (Å²) in [6.07, 6.45) is 4.65. The molecule has 1 aromatic heterocycles. The highest BCUT2D eigenvalue weighted by atomic mass is 127. The third kappa shape index (κ3) is 2.07. The summed E-state index contributed by atoms with van der Waals surface area (Å²) in [7, 11) is 1.86. The van der Waals surface area contributed by atoms with Gasteiger partial charge in [0.1, 0.15) is 3.70 Å². The van der Waals surface area contributed by atoms with Gasteiger partial charge < -0.3 is 10.3 Å². The van der Waals surface area contributed by atoms with Crippen LogP contribution in [-0.2, 0) is 11.8 Å². The van der Waals surface area contributed by atoms with Crippen LogP contribution in [0.1, 0.15) is 5.69 Å². The van der Waals surface area contributed by atoms with Gasteiger partial charge in [-0.15, -0.1) is 0 Å². The van der Waals surface area contributed by atoms with Crippen molar-refractivity contribution in [1.82, 2.24) is 9.55 Å². The highest BCUT2D eigenvalue weighted by Crippen LogP contribution is 2.10. The molecule has 5 heteroatoms. The first-order valence-corrected chi connectivity index (χ1v) is 4.33. The average Bonchev–Trinajstić information content (AvgIpc) is 2.28. The Labute approximate surface area is 83.6 Å². The van der Waals surface area contributed by atoms with Crippen LogP contribution in [-0.4, -0.2) is 15.5 Å². The topological polar surface area (TPSA) is 60.9 Å². The molecule has 0 aliphatic heterocycles. The zero-order valence-electron chi connectivity index (χ0n) is 6.49. The first kappa shape index (κ1) is 9.24. The Morgan fingerprint density at radius 1 is 1.83 bits per heavy atom.